The number of aliphatic carboxylic acids is 1. The van der Waals surface area contributed by atoms with Gasteiger partial charge in [-0.1, -0.05) is 19.1 Å². The molecule has 1 atom stereocenters. The Morgan fingerprint density at radius 3 is 2.79 bits per heavy atom. The minimum absolute atomic E-state index is 0.111. The lowest BCUT2D eigenvalue weighted by atomic mass is 9.92. The fourth-order valence-electron chi connectivity index (χ4n) is 2.16. The summed E-state index contributed by atoms with van der Waals surface area (Å²) in [5.41, 5.74) is 0.674. The lowest BCUT2D eigenvalue weighted by Gasteiger charge is -2.12. The summed E-state index contributed by atoms with van der Waals surface area (Å²) in [4.78, 5) is 25.7. The summed E-state index contributed by atoms with van der Waals surface area (Å²) in [5.74, 6) is -1.63. The number of hydrogen-bond donors (Lipinski definition) is 1. The van der Waals surface area contributed by atoms with Crippen LogP contribution in [0.2, 0.25) is 0 Å². The van der Waals surface area contributed by atoms with Crippen molar-refractivity contribution in [1.29, 1.82) is 0 Å². The van der Waals surface area contributed by atoms with Crippen molar-refractivity contribution < 1.29 is 14.8 Å². The molecule has 1 N–H and O–H groups in total. The molecule has 0 saturated carbocycles. The van der Waals surface area contributed by atoms with E-state index in [4.69, 9.17) is 0 Å². The van der Waals surface area contributed by atoms with Gasteiger partial charge in [-0.05, 0) is 18.1 Å². The highest BCUT2D eigenvalue weighted by Crippen LogP contribution is 2.32. The summed E-state index contributed by atoms with van der Waals surface area (Å²) in [7, 11) is 0. The topological polar surface area (TPSA) is 93.3 Å². The molecule has 98 valence electrons. The molecule has 0 radical (unpaired) electrons. The number of fused-ring (bicyclic) bond motifs is 1. The minimum Gasteiger partial charge on any atom is -0.481 e. The van der Waals surface area contributed by atoms with Crippen molar-refractivity contribution >= 4 is 22.6 Å². The maximum Gasteiger partial charge on any atom is 0.310 e. The Balaban J connectivity index is 2.75. The summed E-state index contributed by atoms with van der Waals surface area (Å²) in [6.45, 7) is 1.77. The van der Waals surface area contributed by atoms with Gasteiger partial charge in [0.25, 0.3) is 5.69 Å². The van der Waals surface area contributed by atoms with E-state index in [9.17, 15) is 20.0 Å². The maximum absolute atomic E-state index is 11.2. The van der Waals surface area contributed by atoms with Gasteiger partial charge in [-0.3, -0.25) is 14.9 Å². The number of carbonyl (C=O) groups is 1. The van der Waals surface area contributed by atoms with E-state index >= 15 is 0 Å². The molecular weight excluding hydrogens is 248 g/mol. The Morgan fingerprint density at radius 1 is 1.47 bits per heavy atom. The zero-order chi connectivity index (χ0) is 14.0. The van der Waals surface area contributed by atoms with Gasteiger partial charge < -0.3 is 5.11 Å². The molecule has 0 bridgehead atoms. The van der Waals surface area contributed by atoms with Gasteiger partial charge in [0.05, 0.1) is 10.8 Å². The van der Waals surface area contributed by atoms with Crippen LogP contribution in [0.15, 0.2) is 30.5 Å². The smallest absolute Gasteiger partial charge is 0.310 e. The molecule has 0 spiro atoms. The molecule has 0 aliphatic carbocycles. The zero-order valence-corrected chi connectivity index (χ0v) is 10.2. The van der Waals surface area contributed by atoms with Crippen molar-refractivity contribution in [2.24, 2.45) is 0 Å². The number of carboxylic acids is 1. The first-order valence-corrected chi connectivity index (χ1v) is 5.81. The molecule has 2 rings (SSSR count). The van der Waals surface area contributed by atoms with Crippen LogP contribution < -0.4 is 0 Å². The van der Waals surface area contributed by atoms with E-state index in [0.717, 1.165) is 0 Å². The van der Waals surface area contributed by atoms with Gasteiger partial charge in [0.1, 0.15) is 5.52 Å². The van der Waals surface area contributed by atoms with Crippen LogP contribution in [-0.2, 0) is 4.79 Å². The Hall–Kier alpha value is -2.50. The van der Waals surface area contributed by atoms with E-state index in [1.807, 2.05) is 0 Å². The third kappa shape index (κ3) is 2.24. The number of nitro benzene ring substituents is 1. The van der Waals surface area contributed by atoms with Gasteiger partial charge in [-0.2, -0.15) is 0 Å². The molecular formula is C13H12N2O4. The van der Waals surface area contributed by atoms with Crippen LogP contribution in [0.1, 0.15) is 24.8 Å². The first-order chi connectivity index (χ1) is 9.06. The first kappa shape index (κ1) is 12.9. The second-order valence-electron chi connectivity index (χ2n) is 4.13. The molecule has 1 aromatic heterocycles. The largest absolute Gasteiger partial charge is 0.481 e. The van der Waals surface area contributed by atoms with Crippen molar-refractivity contribution in [2.45, 2.75) is 19.3 Å². The molecule has 6 heteroatoms. The first-order valence-electron chi connectivity index (χ1n) is 5.81. The third-order valence-corrected chi connectivity index (χ3v) is 3.06. The highest BCUT2D eigenvalue weighted by molar-refractivity contribution is 5.93. The Kier molecular flexibility index (Phi) is 3.41. The average Bonchev–Trinajstić information content (AvgIpc) is 2.39. The van der Waals surface area contributed by atoms with Gasteiger partial charge in [-0.15, -0.1) is 0 Å². The van der Waals surface area contributed by atoms with E-state index in [1.165, 1.54) is 18.3 Å². The van der Waals surface area contributed by atoms with Crippen molar-refractivity contribution in [2.75, 3.05) is 0 Å². The van der Waals surface area contributed by atoms with E-state index < -0.39 is 16.8 Å². The highest BCUT2D eigenvalue weighted by Gasteiger charge is 2.23. The van der Waals surface area contributed by atoms with Crippen molar-refractivity contribution in [3.8, 4) is 0 Å². The number of non-ortho nitro benzene ring substituents is 1. The third-order valence-electron chi connectivity index (χ3n) is 3.06. The van der Waals surface area contributed by atoms with Crippen LogP contribution in [0.3, 0.4) is 0 Å². The molecule has 1 unspecified atom stereocenters. The molecule has 0 amide bonds. The fraction of sp³-hybridized carbons (Fsp3) is 0.231. The van der Waals surface area contributed by atoms with Crippen LogP contribution in [0.5, 0.6) is 0 Å². The Morgan fingerprint density at radius 2 is 2.21 bits per heavy atom. The number of benzene rings is 1. The van der Waals surface area contributed by atoms with Gasteiger partial charge in [0.15, 0.2) is 0 Å². The van der Waals surface area contributed by atoms with Crippen LogP contribution in [-0.4, -0.2) is 21.0 Å². The van der Waals surface area contributed by atoms with Crippen LogP contribution in [0.25, 0.3) is 10.9 Å². The molecule has 0 fully saturated rings. The summed E-state index contributed by atoms with van der Waals surface area (Å²) in [5, 5.41) is 20.7. The molecule has 19 heavy (non-hydrogen) atoms. The van der Waals surface area contributed by atoms with Crippen LogP contribution in [0.4, 0.5) is 5.69 Å². The van der Waals surface area contributed by atoms with Gasteiger partial charge in [0, 0.05) is 17.6 Å². The summed E-state index contributed by atoms with van der Waals surface area (Å²) in [6.07, 6.45) is 1.87. The average molecular weight is 260 g/mol. The number of rotatable bonds is 4. The number of carboxylic acid groups (broad SMARTS) is 1. The Labute approximate surface area is 108 Å². The maximum atomic E-state index is 11.2. The lowest BCUT2D eigenvalue weighted by molar-refractivity contribution is -0.383. The lowest BCUT2D eigenvalue weighted by Crippen LogP contribution is -2.11. The molecule has 2 aromatic rings. The molecule has 1 heterocycles. The number of hydrogen-bond acceptors (Lipinski definition) is 4. The standard InChI is InChI=1S/C13H12N2O4/c1-2-8(13(16)17)9-5-6-11(15(18)19)12-10(9)4-3-7-14-12/h3-8H,2H2,1H3,(H,16,17). The molecule has 0 aliphatic rings. The predicted molar refractivity (Wildman–Crippen MR) is 69.1 cm³/mol. The molecule has 0 saturated heterocycles. The van der Waals surface area contributed by atoms with Crippen molar-refractivity contribution in [3.05, 3.63) is 46.1 Å². The van der Waals surface area contributed by atoms with Crippen LogP contribution >= 0.6 is 0 Å². The van der Waals surface area contributed by atoms with Gasteiger partial charge in [-0.25, -0.2) is 4.98 Å². The molecule has 6 nitrogen and oxygen atoms in total. The normalized spacial score (nSPS) is 12.3. The van der Waals surface area contributed by atoms with Gasteiger partial charge >= 0.3 is 5.97 Å². The van der Waals surface area contributed by atoms with E-state index in [0.29, 0.717) is 17.4 Å². The fourth-order valence-corrected chi connectivity index (χ4v) is 2.16. The van der Waals surface area contributed by atoms with E-state index in [-0.39, 0.29) is 11.2 Å². The summed E-state index contributed by atoms with van der Waals surface area (Å²) >= 11 is 0. The molecule has 0 aliphatic heterocycles. The number of aromatic nitrogens is 1. The van der Waals surface area contributed by atoms with Crippen molar-refractivity contribution in [1.82, 2.24) is 4.98 Å². The van der Waals surface area contributed by atoms with E-state index in [1.54, 1.807) is 19.1 Å². The predicted octanol–water partition coefficient (Wildman–Crippen LogP) is 2.72. The number of pyridine rings is 1. The van der Waals surface area contributed by atoms with Crippen molar-refractivity contribution in [3.63, 3.8) is 0 Å². The quantitative estimate of drug-likeness (QED) is 0.673. The number of nitrogens with zero attached hydrogens (tertiary/aromatic N) is 2. The van der Waals surface area contributed by atoms with Gasteiger partial charge in [0.2, 0.25) is 0 Å². The second-order valence-corrected chi connectivity index (χ2v) is 4.13. The molecule has 1 aromatic carbocycles. The monoisotopic (exact) mass is 260 g/mol. The Bertz CT molecular complexity index is 654. The summed E-state index contributed by atoms with van der Waals surface area (Å²) in [6, 6.07) is 6.13. The summed E-state index contributed by atoms with van der Waals surface area (Å²) < 4.78 is 0. The van der Waals surface area contributed by atoms with E-state index in [2.05, 4.69) is 4.98 Å². The highest BCUT2D eigenvalue weighted by atomic mass is 16.6. The zero-order valence-electron chi connectivity index (χ0n) is 10.2. The van der Waals surface area contributed by atoms with Crippen LogP contribution in [0, 0.1) is 10.1 Å². The SMILES string of the molecule is CCC(C(=O)O)c1ccc([N+](=O)[O-])c2ncccc12. The minimum atomic E-state index is -0.943. The second kappa shape index (κ2) is 5.01. The number of nitro groups is 1.